The van der Waals surface area contributed by atoms with Crippen LogP contribution in [0.15, 0.2) is 91.1 Å². The summed E-state index contributed by atoms with van der Waals surface area (Å²) in [5.41, 5.74) is 6.61. The van der Waals surface area contributed by atoms with Gasteiger partial charge in [-0.3, -0.25) is 0 Å². The molecular weight excluding hydrogens is 520 g/mol. The van der Waals surface area contributed by atoms with E-state index in [1.165, 1.54) is 38.6 Å². The fourth-order valence-corrected chi connectivity index (χ4v) is 5.32. The number of aryl methyl sites for hydroxylation is 3. The number of benzene rings is 3. The molecule has 0 fully saturated rings. The maximum absolute atomic E-state index is 6.36. The zero-order valence-corrected chi connectivity index (χ0v) is 23.7. The minimum Gasteiger partial charge on any atom is -1.00 e. The molecule has 0 aliphatic rings. The van der Waals surface area contributed by atoms with Crippen molar-refractivity contribution in [2.45, 2.75) is 65.6 Å². The van der Waals surface area contributed by atoms with Crippen LogP contribution >= 0.6 is 0 Å². The molecule has 5 rings (SSSR count). The quantitative estimate of drug-likeness (QED) is 0.229. The Morgan fingerprint density at radius 2 is 1.49 bits per heavy atom. The Balaban J connectivity index is 0.00000320. The Hall–Kier alpha value is -3.11. The van der Waals surface area contributed by atoms with Gasteiger partial charge in [0, 0.05) is 41.9 Å². The highest BCUT2D eigenvalue weighted by molar-refractivity contribution is 6.08. The van der Waals surface area contributed by atoms with Gasteiger partial charge in [-0.05, 0) is 43.4 Å². The number of halogens is 1. The summed E-state index contributed by atoms with van der Waals surface area (Å²) in [4.78, 5) is 0. The lowest BCUT2D eigenvalue weighted by Crippen LogP contribution is -3.00. The maximum Gasteiger partial charge on any atom is 0.203 e. The molecule has 0 radical (unpaired) electrons. The maximum atomic E-state index is 6.36. The van der Waals surface area contributed by atoms with Crippen LogP contribution in [0, 0.1) is 6.92 Å². The number of fused-ring (bicyclic) bond motifs is 3. The molecule has 3 nitrogen and oxygen atoms in total. The van der Waals surface area contributed by atoms with E-state index in [1.807, 2.05) is 0 Å². The Labute approximate surface area is 231 Å². The predicted octanol–water partition coefficient (Wildman–Crippen LogP) is 4.64. The number of nitrogens with zero attached hydrogens (tertiary/aromatic N) is 2. The molecule has 0 aliphatic carbocycles. The summed E-state index contributed by atoms with van der Waals surface area (Å²) in [6, 6.07) is 30.5. The monoisotopic (exact) mass is 556 g/mol. The van der Waals surface area contributed by atoms with Gasteiger partial charge in [-0.15, -0.1) is 0 Å². The lowest BCUT2D eigenvalue weighted by Gasteiger charge is -2.16. The molecule has 192 valence electrons. The van der Waals surface area contributed by atoms with Crippen LogP contribution in [0.2, 0.25) is 0 Å². The lowest BCUT2D eigenvalue weighted by atomic mass is 10.1. The van der Waals surface area contributed by atoms with Crippen LogP contribution in [0.3, 0.4) is 0 Å². The third-order valence-electron chi connectivity index (χ3n) is 7.37. The van der Waals surface area contributed by atoms with Crippen LogP contribution in [0.25, 0.3) is 21.8 Å². The van der Waals surface area contributed by atoms with Crippen LogP contribution in [-0.2, 0) is 19.5 Å². The second-order valence-electron chi connectivity index (χ2n) is 9.75. The molecule has 3 aromatic carbocycles. The van der Waals surface area contributed by atoms with Crippen molar-refractivity contribution in [3.8, 4) is 5.75 Å². The van der Waals surface area contributed by atoms with Crippen molar-refractivity contribution in [1.29, 1.82) is 0 Å². The minimum absolute atomic E-state index is 0. The van der Waals surface area contributed by atoms with Crippen molar-refractivity contribution in [3.63, 3.8) is 0 Å². The second-order valence-corrected chi connectivity index (χ2v) is 9.75. The van der Waals surface area contributed by atoms with Gasteiger partial charge in [0.1, 0.15) is 11.3 Å². The van der Waals surface area contributed by atoms with Gasteiger partial charge in [0.2, 0.25) is 5.69 Å². The van der Waals surface area contributed by atoms with Gasteiger partial charge in [-0.2, -0.15) is 4.57 Å². The zero-order valence-electron chi connectivity index (χ0n) is 22.2. The molecule has 0 unspecified atom stereocenters. The molecule has 0 atom stereocenters. The third kappa shape index (κ3) is 5.91. The Kier molecular flexibility index (Phi) is 9.04. The normalized spacial score (nSPS) is 11.2. The van der Waals surface area contributed by atoms with Gasteiger partial charge >= 0.3 is 0 Å². The second kappa shape index (κ2) is 12.4. The summed E-state index contributed by atoms with van der Waals surface area (Å²) in [7, 11) is 0. The van der Waals surface area contributed by atoms with E-state index in [9.17, 15) is 0 Å². The summed E-state index contributed by atoms with van der Waals surface area (Å²) >= 11 is 0. The highest BCUT2D eigenvalue weighted by Crippen LogP contribution is 2.33. The van der Waals surface area contributed by atoms with Gasteiger partial charge in [0.05, 0.1) is 11.6 Å². The Morgan fingerprint density at radius 3 is 2.16 bits per heavy atom. The first-order valence-electron chi connectivity index (χ1n) is 13.4. The molecule has 37 heavy (non-hydrogen) atoms. The van der Waals surface area contributed by atoms with E-state index in [1.54, 1.807) is 0 Å². The first-order valence-corrected chi connectivity index (χ1v) is 13.4. The van der Waals surface area contributed by atoms with Crippen molar-refractivity contribution in [2.24, 2.45) is 0 Å². The van der Waals surface area contributed by atoms with Gasteiger partial charge in [-0.1, -0.05) is 74.5 Å². The predicted molar refractivity (Wildman–Crippen MR) is 150 cm³/mol. The topological polar surface area (TPSA) is 18.0 Å². The van der Waals surface area contributed by atoms with Crippen molar-refractivity contribution < 1.29 is 26.3 Å². The Bertz CT molecular complexity index is 1440. The van der Waals surface area contributed by atoms with Crippen molar-refractivity contribution in [3.05, 3.63) is 108 Å². The van der Waals surface area contributed by atoms with E-state index >= 15 is 0 Å². The van der Waals surface area contributed by atoms with Crippen LogP contribution < -0.4 is 26.3 Å². The number of pyridine rings is 1. The van der Waals surface area contributed by atoms with Gasteiger partial charge in [-0.25, -0.2) is 0 Å². The highest BCUT2D eigenvalue weighted by Gasteiger charge is 2.20. The standard InChI is InChI=1S/C33H37N2O.BrH/c1-4-28(5-2)36-29-18-19-30-31-20-22-34(24-27-15-10-7-11-16-27)25(3)33(31)35(32(30)23-29)21-12-17-26-13-8-6-9-14-26;/h6-11,13-16,18-20,22-23,28H,4-5,12,17,21,24H2,1-3H3;1H/q+1;/p-1. The summed E-state index contributed by atoms with van der Waals surface area (Å²) in [5, 5.41) is 2.62. The molecule has 0 saturated carbocycles. The fraction of sp³-hybridized carbons (Fsp3) is 0.303. The molecule has 4 heteroatoms. The first kappa shape index (κ1) is 26.9. The molecule has 0 spiro atoms. The van der Waals surface area contributed by atoms with Crippen LogP contribution in [-0.4, -0.2) is 10.7 Å². The largest absolute Gasteiger partial charge is 1.00 e. The minimum atomic E-state index is 0. The lowest BCUT2D eigenvalue weighted by molar-refractivity contribution is -0.693. The molecular formula is C33H37BrN2O. The first-order chi connectivity index (χ1) is 17.7. The van der Waals surface area contributed by atoms with E-state index in [0.717, 1.165) is 44.5 Å². The molecule has 0 saturated heterocycles. The number of hydrogen-bond donors (Lipinski definition) is 0. The van der Waals surface area contributed by atoms with E-state index in [0.29, 0.717) is 0 Å². The summed E-state index contributed by atoms with van der Waals surface area (Å²) in [6.45, 7) is 8.50. The highest BCUT2D eigenvalue weighted by atomic mass is 79.9. The molecule has 0 N–H and O–H groups in total. The molecule has 2 aromatic heterocycles. The molecule has 5 aromatic rings. The molecule has 0 aliphatic heterocycles. The smallest absolute Gasteiger partial charge is 0.203 e. The molecule has 2 heterocycles. The van der Waals surface area contributed by atoms with E-state index in [-0.39, 0.29) is 23.1 Å². The summed E-state index contributed by atoms with van der Waals surface area (Å²) in [5.74, 6) is 0.970. The summed E-state index contributed by atoms with van der Waals surface area (Å²) in [6.07, 6.45) is 6.70. The number of rotatable bonds is 10. The average Bonchev–Trinajstić information content (AvgIpc) is 3.23. The fourth-order valence-electron chi connectivity index (χ4n) is 5.32. The number of hydrogen-bond acceptors (Lipinski definition) is 1. The SMILES string of the molecule is CCC(CC)Oc1ccc2c3cc[n+](Cc4ccccc4)c(C)c3n(CCCc3ccccc3)c2c1.[Br-]. The third-order valence-corrected chi connectivity index (χ3v) is 7.37. The molecule has 0 bridgehead atoms. The zero-order chi connectivity index (χ0) is 24.9. The van der Waals surface area contributed by atoms with E-state index < -0.39 is 0 Å². The van der Waals surface area contributed by atoms with Gasteiger partial charge < -0.3 is 26.3 Å². The van der Waals surface area contributed by atoms with Gasteiger partial charge in [0.25, 0.3) is 0 Å². The van der Waals surface area contributed by atoms with E-state index in [2.05, 4.69) is 121 Å². The van der Waals surface area contributed by atoms with Crippen molar-refractivity contribution >= 4 is 21.8 Å². The van der Waals surface area contributed by atoms with E-state index in [4.69, 9.17) is 4.74 Å². The van der Waals surface area contributed by atoms with Crippen LogP contribution in [0.5, 0.6) is 5.75 Å². The van der Waals surface area contributed by atoms with Crippen molar-refractivity contribution in [2.75, 3.05) is 0 Å². The molecule has 0 amide bonds. The Morgan fingerprint density at radius 1 is 0.811 bits per heavy atom. The average molecular weight is 558 g/mol. The van der Waals surface area contributed by atoms with Crippen molar-refractivity contribution in [1.82, 2.24) is 4.57 Å². The number of ether oxygens (including phenoxy) is 1. The van der Waals surface area contributed by atoms with Gasteiger partial charge in [0.15, 0.2) is 12.7 Å². The number of aromatic nitrogens is 2. The van der Waals surface area contributed by atoms with Crippen LogP contribution in [0.4, 0.5) is 0 Å². The summed E-state index contributed by atoms with van der Waals surface area (Å²) < 4.78 is 11.3. The van der Waals surface area contributed by atoms with Crippen LogP contribution in [0.1, 0.15) is 49.9 Å².